The van der Waals surface area contributed by atoms with Gasteiger partial charge in [-0.25, -0.2) is 0 Å². The number of benzene rings is 2. The number of aliphatic imine (C=N–C) groups is 2. The second-order valence-electron chi connectivity index (χ2n) is 3.42. The van der Waals surface area contributed by atoms with Crippen LogP contribution in [0.5, 0.6) is 0 Å². The van der Waals surface area contributed by atoms with Crippen LogP contribution in [0.25, 0.3) is 6.08 Å². The van der Waals surface area contributed by atoms with Crippen LogP contribution in [0, 0.1) is 0 Å². The van der Waals surface area contributed by atoms with Crippen molar-refractivity contribution < 1.29 is 0 Å². The highest BCUT2D eigenvalue weighted by atomic mass is 14.8. The topological polar surface area (TPSA) is 24.7 Å². The minimum Gasteiger partial charge on any atom is -0.188 e. The van der Waals surface area contributed by atoms with E-state index < -0.39 is 0 Å². The molecule has 0 atom stereocenters. The molecule has 0 heterocycles. The zero-order valence-corrected chi connectivity index (χ0v) is 9.38. The van der Waals surface area contributed by atoms with Crippen molar-refractivity contribution in [1.82, 2.24) is 0 Å². The molecule has 2 heteroatoms. The van der Waals surface area contributed by atoms with Gasteiger partial charge in [0.15, 0.2) is 0 Å². The number of hydrogen-bond acceptors (Lipinski definition) is 2. The summed E-state index contributed by atoms with van der Waals surface area (Å²) in [6.07, 6.45) is 1.77. The molecule has 0 N–H and O–H groups in total. The Bertz CT molecular complexity index is 564. The average molecular weight is 220 g/mol. The predicted molar refractivity (Wildman–Crippen MR) is 72.2 cm³/mol. The monoisotopic (exact) mass is 220 g/mol. The van der Waals surface area contributed by atoms with Crippen molar-refractivity contribution in [2.45, 2.75) is 0 Å². The molecule has 0 aliphatic heterocycles. The molecule has 0 saturated carbocycles. The van der Waals surface area contributed by atoms with E-state index in [9.17, 15) is 0 Å². The fourth-order valence-corrected chi connectivity index (χ4v) is 1.40. The van der Waals surface area contributed by atoms with E-state index in [1.165, 1.54) is 0 Å². The van der Waals surface area contributed by atoms with Gasteiger partial charge in [0, 0.05) is 5.56 Å². The summed E-state index contributed by atoms with van der Waals surface area (Å²) in [5, 5.41) is 0. The second kappa shape index (κ2) is 5.59. The molecule has 0 aliphatic rings. The molecule has 82 valence electrons. The van der Waals surface area contributed by atoms with Crippen LogP contribution in [0.15, 0.2) is 71.2 Å². The van der Waals surface area contributed by atoms with Gasteiger partial charge in [0.1, 0.15) is 6.01 Å². The summed E-state index contributed by atoms with van der Waals surface area (Å²) >= 11 is 0. The number of rotatable bonds is 3. The molecule has 0 bridgehead atoms. The maximum Gasteiger partial charge on any atom is 0.100 e. The van der Waals surface area contributed by atoms with Crippen molar-refractivity contribution in [2.24, 2.45) is 9.98 Å². The van der Waals surface area contributed by atoms with E-state index in [0.29, 0.717) is 0 Å². The van der Waals surface area contributed by atoms with Crippen molar-refractivity contribution in [2.75, 3.05) is 0 Å². The van der Waals surface area contributed by atoms with Crippen molar-refractivity contribution >= 4 is 23.5 Å². The summed E-state index contributed by atoms with van der Waals surface area (Å²) in [7, 11) is 0. The Morgan fingerprint density at radius 2 is 1.59 bits per heavy atom. The number of para-hydroxylation sites is 2. The lowest BCUT2D eigenvalue weighted by Crippen LogP contribution is -1.71. The summed E-state index contributed by atoms with van der Waals surface area (Å²) in [6.45, 7) is 3.74. The predicted octanol–water partition coefficient (Wildman–Crippen LogP) is 4.47. The highest BCUT2D eigenvalue weighted by Gasteiger charge is 1.93. The van der Waals surface area contributed by atoms with Crippen LogP contribution in [0.2, 0.25) is 0 Å². The van der Waals surface area contributed by atoms with Gasteiger partial charge in [-0.3, -0.25) is 0 Å². The van der Waals surface area contributed by atoms with Gasteiger partial charge < -0.3 is 0 Å². The first-order chi connectivity index (χ1) is 8.40. The van der Waals surface area contributed by atoms with Gasteiger partial charge in [0.2, 0.25) is 0 Å². The largest absolute Gasteiger partial charge is 0.188 e. The first kappa shape index (κ1) is 11.1. The summed E-state index contributed by atoms with van der Waals surface area (Å²) in [6, 6.07) is 20.0. The lowest BCUT2D eigenvalue weighted by Gasteiger charge is -1.95. The molecule has 0 unspecified atom stereocenters. The van der Waals surface area contributed by atoms with Crippen LogP contribution < -0.4 is 0 Å². The standard InChI is InChI=1S/C15H12N2/c1-2-13-8-6-7-11-15(13)17-12-16-14-9-4-3-5-10-14/h2-11H,1H2. The molecule has 0 fully saturated rings. The van der Waals surface area contributed by atoms with E-state index in [1.807, 2.05) is 54.6 Å². The van der Waals surface area contributed by atoms with Crippen LogP contribution in [-0.2, 0) is 0 Å². The lowest BCUT2D eigenvalue weighted by molar-refractivity contribution is 1.48. The van der Waals surface area contributed by atoms with E-state index in [-0.39, 0.29) is 0 Å². The SMILES string of the molecule is C=Cc1ccccc1N=C=Nc1ccccc1. The molecule has 2 aromatic rings. The quantitative estimate of drug-likeness (QED) is 0.682. The molecule has 0 aromatic heterocycles. The van der Waals surface area contributed by atoms with Crippen molar-refractivity contribution in [1.29, 1.82) is 0 Å². The van der Waals surface area contributed by atoms with Gasteiger partial charge in [0.05, 0.1) is 11.4 Å². The van der Waals surface area contributed by atoms with Gasteiger partial charge in [-0.05, 0) is 18.2 Å². The van der Waals surface area contributed by atoms with Gasteiger partial charge in [-0.1, -0.05) is 49.1 Å². The normalized spacial score (nSPS) is 9.18. The van der Waals surface area contributed by atoms with Crippen LogP contribution in [0.3, 0.4) is 0 Å². The Kier molecular flexibility index (Phi) is 3.64. The van der Waals surface area contributed by atoms with E-state index in [4.69, 9.17) is 0 Å². The fraction of sp³-hybridized carbons (Fsp3) is 0. The molecule has 17 heavy (non-hydrogen) atoms. The number of nitrogens with zero attached hydrogens (tertiary/aromatic N) is 2. The molecular weight excluding hydrogens is 208 g/mol. The molecule has 2 nitrogen and oxygen atoms in total. The van der Waals surface area contributed by atoms with Crippen LogP contribution in [0.1, 0.15) is 5.56 Å². The highest BCUT2D eigenvalue weighted by molar-refractivity contribution is 5.67. The maximum atomic E-state index is 4.18. The van der Waals surface area contributed by atoms with Crippen LogP contribution in [-0.4, -0.2) is 6.01 Å². The third-order valence-corrected chi connectivity index (χ3v) is 2.26. The molecule has 0 spiro atoms. The summed E-state index contributed by atoms with van der Waals surface area (Å²) < 4.78 is 0. The molecule has 0 aliphatic carbocycles. The second-order valence-corrected chi connectivity index (χ2v) is 3.42. The minimum absolute atomic E-state index is 0.821. The fourth-order valence-electron chi connectivity index (χ4n) is 1.40. The first-order valence-corrected chi connectivity index (χ1v) is 5.33. The first-order valence-electron chi connectivity index (χ1n) is 5.33. The highest BCUT2D eigenvalue weighted by Crippen LogP contribution is 2.18. The minimum atomic E-state index is 0.821. The molecule has 2 aromatic carbocycles. The number of hydrogen-bond donors (Lipinski definition) is 0. The maximum absolute atomic E-state index is 4.18. The third kappa shape index (κ3) is 3.00. The van der Waals surface area contributed by atoms with Gasteiger partial charge in [-0.15, -0.1) is 0 Å². The van der Waals surface area contributed by atoms with Gasteiger partial charge in [0.25, 0.3) is 0 Å². The van der Waals surface area contributed by atoms with Crippen molar-refractivity contribution in [3.05, 3.63) is 66.7 Å². The lowest BCUT2D eigenvalue weighted by atomic mass is 10.2. The Morgan fingerprint density at radius 1 is 0.882 bits per heavy atom. The Morgan fingerprint density at radius 3 is 2.35 bits per heavy atom. The molecule has 2 rings (SSSR count). The molecule has 0 radical (unpaired) electrons. The van der Waals surface area contributed by atoms with Crippen LogP contribution in [0.4, 0.5) is 11.4 Å². The third-order valence-electron chi connectivity index (χ3n) is 2.26. The van der Waals surface area contributed by atoms with Gasteiger partial charge >= 0.3 is 0 Å². The van der Waals surface area contributed by atoms with Gasteiger partial charge in [-0.2, -0.15) is 9.98 Å². The molecular formula is C15H12N2. The van der Waals surface area contributed by atoms with Crippen molar-refractivity contribution in [3.63, 3.8) is 0 Å². The summed E-state index contributed by atoms with van der Waals surface area (Å²) in [5.74, 6) is 0. The zero-order valence-electron chi connectivity index (χ0n) is 9.38. The van der Waals surface area contributed by atoms with E-state index in [0.717, 1.165) is 16.9 Å². The summed E-state index contributed by atoms with van der Waals surface area (Å²) in [5.41, 5.74) is 2.64. The van der Waals surface area contributed by atoms with Crippen molar-refractivity contribution in [3.8, 4) is 0 Å². The molecule has 0 saturated heterocycles. The Labute approximate surface area is 101 Å². The van der Waals surface area contributed by atoms with E-state index in [2.05, 4.69) is 22.6 Å². The molecule has 0 amide bonds. The Hall–Kier alpha value is -2.44. The van der Waals surface area contributed by atoms with Crippen LogP contribution >= 0.6 is 0 Å². The summed E-state index contributed by atoms with van der Waals surface area (Å²) in [4.78, 5) is 8.31. The Balaban J connectivity index is 2.26. The average Bonchev–Trinajstić information content (AvgIpc) is 2.40. The smallest absolute Gasteiger partial charge is 0.100 e. The zero-order chi connectivity index (χ0) is 11.9. The van der Waals surface area contributed by atoms with E-state index in [1.54, 1.807) is 6.08 Å². The van der Waals surface area contributed by atoms with E-state index >= 15 is 0 Å².